The third-order valence-corrected chi connectivity index (χ3v) is 4.37. The highest BCUT2D eigenvalue weighted by atomic mass is 16.5. The number of hydrogen-bond acceptors (Lipinski definition) is 4. The molecule has 5 heteroatoms. The van der Waals surface area contributed by atoms with Gasteiger partial charge in [-0.25, -0.2) is 5.10 Å². The van der Waals surface area contributed by atoms with E-state index in [9.17, 15) is 9.59 Å². The van der Waals surface area contributed by atoms with Crippen molar-refractivity contribution in [3.8, 4) is 0 Å². The summed E-state index contributed by atoms with van der Waals surface area (Å²) in [5, 5.41) is 8.45. The van der Waals surface area contributed by atoms with E-state index in [0.717, 1.165) is 36.8 Å². The Morgan fingerprint density at radius 3 is 2.52 bits per heavy atom. The molecule has 0 aliphatic heterocycles. The number of nitrogens with zero attached hydrogens (tertiary/aromatic N) is 1. The second kappa shape index (κ2) is 5.68. The van der Waals surface area contributed by atoms with E-state index in [0.29, 0.717) is 5.39 Å². The van der Waals surface area contributed by atoms with Crippen molar-refractivity contribution in [1.29, 1.82) is 0 Å². The number of H-pyrrole nitrogens is 1. The predicted molar refractivity (Wildman–Crippen MR) is 79.1 cm³/mol. The van der Waals surface area contributed by atoms with Gasteiger partial charge in [-0.1, -0.05) is 18.2 Å². The average Bonchev–Trinajstić information content (AvgIpc) is 2.55. The summed E-state index contributed by atoms with van der Waals surface area (Å²) in [7, 11) is 1.44. The summed E-state index contributed by atoms with van der Waals surface area (Å²) in [5.74, 6) is 0.167. The Morgan fingerprint density at radius 1 is 1.19 bits per heavy atom. The fourth-order valence-corrected chi connectivity index (χ4v) is 3.22. The molecule has 1 aromatic carbocycles. The first kappa shape index (κ1) is 13.8. The second-order valence-electron chi connectivity index (χ2n) is 5.56. The van der Waals surface area contributed by atoms with E-state index in [4.69, 9.17) is 4.74 Å². The zero-order valence-corrected chi connectivity index (χ0v) is 12.0. The van der Waals surface area contributed by atoms with Gasteiger partial charge in [-0.3, -0.25) is 9.59 Å². The highest BCUT2D eigenvalue weighted by Crippen LogP contribution is 2.37. The van der Waals surface area contributed by atoms with E-state index in [1.54, 1.807) is 0 Å². The van der Waals surface area contributed by atoms with Crippen molar-refractivity contribution in [1.82, 2.24) is 10.2 Å². The summed E-state index contributed by atoms with van der Waals surface area (Å²) in [6.45, 7) is 0. The first-order valence-electron chi connectivity index (χ1n) is 7.26. The summed E-state index contributed by atoms with van der Waals surface area (Å²) in [6.07, 6.45) is 3.41. The lowest BCUT2D eigenvalue weighted by Crippen LogP contribution is -2.23. The van der Waals surface area contributed by atoms with Gasteiger partial charge in [0, 0.05) is 11.3 Å². The third-order valence-electron chi connectivity index (χ3n) is 4.37. The molecular formula is C16H18N2O3. The fourth-order valence-electron chi connectivity index (χ4n) is 3.22. The molecule has 1 aliphatic rings. The van der Waals surface area contributed by atoms with Gasteiger partial charge in [0.2, 0.25) is 0 Å². The van der Waals surface area contributed by atoms with Crippen LogP contribution in [0.2, 0.25) is 0 Å². The molecule has 0 bridgehead atoms. The van der Waals surface area contributed by atoms with Crippen molar-refractivity contribution in [2.45, 2.75) is 31.6 Å². The number of ether oxygens (including phenoxy) is 1. The van der Waals surface area contributed by atoms with Crippen molar-refractivity contribution < 1.29 is 9.53 Å². The molecule has 0 radical (unpaired) electrons. The molecule has 1 aliphatic carbocycles. The molecule has 3 rings (SSSR count). The number of carbonyl (C=O) groups is 1. The number of carbonyl (C=O) groups excluding carboxylic acids is 1. The van der Waals surface area contributed by atoms with Gasteiger partial charge in [0.25, 0.3) is 5.56 Å². The number of methoxy groups -OCH3 is 1. The molecule has 1 fully saturated rings. The number of esters is 1. The zero-order chi connectivity index (χ0) is 14.8. The number of hydrogen-bond donors (Lipinski definition) is 1. The molecule has 0 saturated heterocycles. The van der Waals surface area contributed by atoms with Crippen LogP contribution in [-0.2, 0) is 9.53 Å². The largest absolute Gasteiger partial charge is 0.469 e. The van der Waals surface area contributed by atoms with Crippen molar-refractivity contribution >= 4 is 16.7 Å². The maximum absolute atomic E-state index is 11.8. The fraction of sp³-hybridized carbons (Fsp3) is 0.438. The number of fused-ring (bicyclic) bond motifs is 1. The summed E-state index contributed by atoms with van der Waals surface area (Å²) in [5.41, 5.74) is 0.783. The minimum Gasteiger partial charge on any atom is -0.469 e. The molecule has 1 N–H and O–H groups in total. The predicted octanol–water partition coefficient (Wildman–Crippen LogP) is 2.37. The molecule has 0 spiro atoms. The molecule has 1 aromatic heterocycles. The minimum absolute atomic E-state index is 0.000255. The second-order valence-corrected chi connectivity index (χ2v) is 5.56. The summed E-state index contributed by atoms with van der Waals surface area (Å²) >= 11 is 0. The smallest absolute Gasteiger partial charge is 0.308 e. The standard InChI is InChI=1S/C16H18N2O3/c1-21-16(20)11-8-6-10(7-9-11)14-12-4-2-3-5-13(12)15(19)18-17-14/h2-5,10-11H,6-9H2,1H3,(H,18,19). The molecule has 0 atom stereocenters. The van der Waals surface area contributed by atoms with Crippen LogP contribution in [0, 0.1) is 5.92 Å². The quantitative estimate of drug-likeness (QED) is 0.860. The Hall–Kier alpha value is -2.17. The highest BCUT2D eigenvalue weighted by molar-refractivity contribution is 5.83. The van der Waals surface area contributed by atoms with Crippen molar-refractivity contribution in [2.75, 3.05) is 7.11 Å². The monoisotopic (exact) mass is 286 g/mol. The number of aromatic nitrogens is 2. The lowest BCUT2D eigenvalue weighted by atomic mass is 9.79. The van der Waals surface area contributed by atoms with Gasteiger partial charge < -0.3 is 4.74 Å². The van der Waals surface area contributed by atoms with Crippen molar-refractivity contribution in [2.24, 2.45) is 5.92 Å². The Morgan fingerprint density at radius 2 is 1.86 bits per heavy atom. The summed E-state index contributed by atoms with van der Waals surface area (Å²) in [4.78, 5) is 23.4. The van der Waals surface area contributed by atoms with Crippen LogP contribution < -0.4 is 5.56 Å². The molecule has 110 valence electrons. The van der Waals surface area contributed by atoms with Crippen molar-refractivity contribution in [3.63, 3.8) is 0 Å². The Bertz CT molecular complexity index is 715. The van der Waals surface area contributed by atoms with Gasteiger partial charge in [-0.05, 0) is 31.7 Å². The number of aromatic amines is 1. The highest BCUT2D eigenvalue weighted by Gasteiger charge is 2.29. The van der Waals surface area contributed by atoms with Gasteiger partial charge in [0.1, 0.15) is 0 Å². The van der Waals surface area contributed by atoms with Crippen LogP contribution >= 0.6 is 0 Å². The van der Waals surface area contributed by atoms with Crippen LogP contribution in [0.3, 0.4) is 0 Å². The van der Waals surface area contributed by atoms with E-state index in [2.05, 4.69) is 10.2 Å². The normalized spacial score (nSPS) is 22.1. The number of rotatable bonds is 2. The van der Waals surface area contributed by atoms with Gasteiger partial charge in [-0.15, -0.1) is 0 Å². The number of benzene rings is 1. The molecule has 5 nitrogen and oxygen atoms in total. The van der Waals surface area contributed by atoms with Crippen LogP contribution in [0.4, 0.5) is 0 Å². The molecule has 2 aromatic rings. The first-order chi connectivity index (χ1) is 10.2. The maximum atomic E-state index is 11.8. The lowest BCUT2D eigenvalue weighted by molar-refractivity contribution is -0.146. The minimum atomic E-state index is -0.155. The van der Waals surface area contributed by atoms with E-state index in [-0.39, 0.29) is 23.4 Å². The van der Waals surface area contributed by atoms with Crippen LogP contribution in [0.15, 0.2) is 29.1 Å². The Kier molecular flexibility index (Phi) is 3.73. The molecule has 21 heavy (non-hydrogen) atoms. The van der Waals surface area contributed by atoms with E-state index >= 15 is 0 Å². The van der Waals surface area contributed by atoms with E-state index in [1.807, 2.05) is 24.3 Å². The van der Waals surface area contributed by atoms with Crippen LogP contribution in [0.25, 0.3) is 10.8 Å². The van der Waals surface area contributed by atoms with Crippen LogP contribution in [0.5, 0.6) is 0 Å². The average molecular weight is 286 g/mol. The van der Waals surface area contributed by atoms with Crippen molar-refractivity contribution in [3.05, 3.63) is 40.3 Å². The summed E-state index contributed by atoms with van der Waals surface area (Å²) in [6, 6.07) is 7.54. The van der Waals surface area contributed by atoms with Crippen LogP contribution in [0.1, 0.15) is 37.3 Å². The zero-order valence-electron chi connectivity index (χ0n) is 12.0. The topological polar surface area (TPSA) is 72.0 Å². The Balaban J connectivity index is 1.88. The molecular weight excluding hydrogens is 268 g/mol. The first-order valence-corrected chi connectivity index (χ1v) is 7.26. The van der Waals surface area contributed by atoms with Gasteiger partial charge in [0.15, 0.2) is 0 Å². The van der Waals surface area contributed by atoms with Crippen LogP contribution in [-0.4, -0.2) is 23.3 Å². The molecule has 1 heterocycles. The molecule has 0 unspecified atom stereocenters. The lowest BCUT2D eigenvalue weighted by Gasteiger charge is -2.26. The summed E-state index contributed by atoms with van der Waals surface area (Å²) < 4.78 is 4.81. The maximum Gasteiger partial charge on any atom is 0.308 e. The third kappa shape index (κ3) is 2.55. The SMILES string of the molecule is COC(=O)C1CCC(c2n[nH]c(=O)c3ccccc23)CC1. The number of nitrogens with one attached hydrogen (secondary N) is 1. The molecule has 1 saturated carbocycles. The van der Waals surface area contributed by atoms with E-state index in [1.165, 1.54) is 7.11 Å². The molecule has 0 amide bonds. The van der Waals surface area contributed by atoms with Gasteiger partial charge in [-0.2, -0.15) is 5.10 Å². The Labute approximate surface area is 122 Å². The van der Waals surface area contributed by atoms with Gasteiger partial charge in [0.05, 0.1) is 24.1 Å². The van der Waals surface area contributed by atoms with Gasteiger partial charge >= 0.3 is 5.97 Å². The van der Waals surface area contributed by atoms with E-state index < -0.39 is 0 Å².